The molecule has 1 aliphatic carbocycles. The summed E-state index contributed by atoms with van der Waals surface area (Å²) in [6.45, 7) is 0. The number of aliphatic hydroxyl groups excluding tert-OH is 1. The Labute approximate surface area is 91.4 Å². The minimum Gasteiger partial charge on any atom is -0.393 e. The molecule has 0 aromatic heterocycles. The highest BCUT2D eigenvalue weighted by Gasteiger charge is 2.23. The lowest BCUT2D eigenvalue weighted by molar-refractivity contribution is 0.134. The molecule has 0 bridgehead atoms. The molecule has 1 fully saturated rings. The van der Waals surface area contributed by atoms with E-state index >= 15 is 0 Å². The standard InChI is InChI=1S/C14H18O/c15-14-11-5-10-13(14)9-4-8-12-6-2-1-3-7-12/h1-4,6-8,13-15H,5,9-11H2. The van der Waals surface area contributed by atoms with Crippen LogP contribution in [0.2, 0.25) is 0 Å². The topological polar surface area (TPSA) is 20.2 Å². The van der Waals surface area contributed by atoms with E-state index in [1.54, 1.807) is 0 Å². The van der Waals surface area contributed by atoms with Gasteiger partial charge >= 0.3 is 0 Å². The van der Waals surface area contributed by atoms with E-state index in [-0.39, 0.29) is 6.10 Å². The molecule has 0 saturated heterocycles. The lowest BCUT2D eigenvalue weighted by atomic mass is 10.0. The molecule has 1 aliphatic rings. The first-order valence-corrected chi connectivity index (χ1v) is 5.76. The van der Waals surface area contributed by atoms with E-state index in [1.807, 2.05) is 18.2 Å². The molecule has 1 aromatic carbocycles. The van der Waals surface area contributed by atoms with Gasteiger partial charge in [0.25, 0.3) is 0 Å². The van der Waals surface area contributed by atoms with Gasteiger partial charge in [-0.3, -0.25) is 0 Å². The first-order chi connectivity index (χ1) is 7.36. The number of hydrogen-bond donors (Lipinski definition) is 1. The van der Waals surface area contributed by atoms with Crippen molar-refractivity contribution in [2.45, 2.75) is 31.8 Å². The van der Waals surface area contributed by atoms with Crippen LogP contribution in [0.4, 0.5) is 0 Å². The molecule has 0 aliphatic heterocycles. The summed E-state index contributed by atoms with van der Waals surface area (Å²) in [6, 6.07) is 10.3. The third-order valence-corrected chi connectivity index (χ3v) is 3.17. The summed E-state index contributed by atoms with van der Waals surface area (Å²) in [5.41, 5.74) is 1.24. The highest BCUT2D eigenvalue weighted by Crippen LogP contribution is 2.28. The molecule has 0 amide bonds. The second-order valence-electron chi connectivity index (χ2n) is 4.31. The molecule has 0 spiro atoms. The van der Waals surface area contributed by atoms with E-state index in [0.29, 0.717) is 5.92 Å². The molecule has 15 heavy (non-hydrogen) atoms. The van der Waals surface area contributed by atoms with Gasteiger partial charge in [-0.2, -0.15) is 0 Å². The smallest absolute Gasteiger partial charge is 0.0571 e. The van der Waals surface area contributed by atoms with Gasteiger partial charge in [-0.05, 0) is 30.7 Å². The van der Waals surface area contributed by atoms with Crippen molar-refractivity contribution in [2.75, 3.05) is 0 Å². The second kappa shape index (κ2) is 5.13. The summed E-state index contributed by atoms with van der Waals surface area (Å²) in [6.07, 6.45) is 8.63. The van der Waals surface area contributed by atoms with Gasteiger partial charge in [0.05, 0.1) is 6.10 Å². The predicted octanol–water partition coefficient (Wildman–Crippen LogP) is 3.25. The van der Waals surface area contributed by atoms with Gasteiger partial charge in [0.2, 0.25) is 0 Å². The fourth-order valence-corrected chi connectivity index (χ4v) is 2.24. The average molecular weight is 202 g/mol. The van der Waals surface area contributed by atoms with E-state index < -0.39 is 0 Å². The monoisotopic (exact) mass is 202 g/mol. The van der Waals surface area contributed by atoms with Crippen LogP contribution in [0.15, 0.2) is 36.4 Å². The van der Waals surface area contributed by atoms with Crippen LogP contribution in [0.3, 0.4) is 0 Å². The summed E-state index contributed by atoms with van der Waals surface area (Å²) in [7, 11) is 0. The summed E-state index contributed by atoms with van der Waals surface area (Å²) in [4.78, 5) is 0. The third-order valence-electron chi connectivity index (χ3n) is 3.17. The summed E-state index contributed by atoms with van der Waals surface area (Å²) in [5, 5.41) is 9.65. The Morgan fingerprint density at radius 3 is 2.67 bits per heavy atom. The molecule has 1 aromatic rings. The normalized spacial score (nSPS) is 26.2. The van der Waals surface area contributed by atoms with Crippen LogP contribution >= 0.6 is 0 Å². The highest BCUT2D eigenvalue weighted by atomic mass is 16.3. The molecule has 2 atom stereocenters. The van der Waals surface area contributed by atoms with Crippen molar-refractivity contribution >= 4 is 6.08 Å². The highest BCUT2D eigenvalue weighted by molar-refractivity contribution is 5.48. The lowest BCUT2D eigenvalue weighted by Gasteiger charge is -2.10. The number of allylic oxidation sites excluding steroid dienone is 1. The molecule has 0 heterocycles. The van der Waals surface area contributed by atoms with Gasteiger partial charge in [-0.1, -0.05) is 48.9 Å². The maximum Gasteiger partial charge on any atom is 0.0571 e. The van der Waals surface area contributed by atoms with Gasteiger partial charge in [0.15, 0.2) is 0 Å². The van der Waals surface area contributed by atoms with Crippen molar-refractivity contribution in [1.29, 1.82) is 0 Å². The Balaban J connectivity index is 1.85. The van der Waals surface area contributed by atoms with Gasteiger partial charge in [-0.25, -0.2) is 0 Å². The largest absolute Gasteiger partial charge is 0.393 e. The van der Waals surface area contributed by atoms with Gasteiger partial charge in [0, 0.05) is 0 Å². The van der Waals surface area contributed by atoms with Crippen LogP contribution < -0.4 is 0 Å². The third kappa shape index (κ3) is 2.93. The van der Waals surface area contributed by atoms with Crippen LogP contribution in [0.5, 0.6) is 0 Å². The van der Waals surface area contributed by atoms with E-state index in [4.69, 9.17) is 0 Å². The van der Waals surface area contributed by atoms with Crippen molar-refractivity contribution in [3.63, 3.8) is 0 Å². The molecular weight excluding hydrogens is 184 g/mol. The Hall–Kier alpha value is -1.08. The van der Waals surface area contributed by atoms with Crippen molar-refractivity contribution in [3.8, 4) is 0 Å². The number of rotatable bonds is 3. The average Bonchev–Trinajstić information content (AvgIpc) is 2.66. The molecule has 2 rings (SSSR count). The molecule has 1 heteroatoms. The Bertz CT molecular complexity index is 315. The molecule has 1 saturated carbocycles. The molecule has 2 unspecified atom stereocenters. The minimum absolute atomic E-state index is 0.0644. The zero-order valence-corrected chi connectivity index (χ0v) is 8.97. The first kappa shape index (κ1) is 10.4. The van der Waals surface area contributed by atoms with E-state index in [2.05, 4.69) is 24.3 Å². The molecule has 0 radical (unpaired) electrons. The predicted molar refractivity (Wildman–Crippen MR) is 63.4 cm³/mol. The first-order valence-electron chi connectivity index (χ1n) is 5.76. The Morgan fingerprint density at radius 2 is 2.00 bits per heavy atom. The van der Waals surface area contributed by atoms with Gasteiger partial charge in [0.1, 0.15) is 0 Å². The molecule has 80 valence electrons. The van der Waals surface area contributed by atoms with Crippen LogP contribution in [0.25, 0.3) is 6.08 Å². The summed E-state index contributed by atoms with van der Waals surface area (Å²) in [5.74, 6) is 0.491. The van der Waals surface area contributed by atoms with Crippen LogP contribution in [-0.4, -0.2) is 11.2 Å². The van der Waals surface area contributed by atoms with Crippen LogP contribution in [0, 0.1) is 5.92 Å². The molecular formula is C14H18O. The minimum atomic E-state index is -0.0644. The van der Waals surface area contributed by atoms with Crippen molar-refractivity contribution in [1.82, 2.24) is 0 Å². The summed E-state index contributed by atoms with van der Waals surface area (Å²) < 4.78 is 0. The quantitative estimate of drug-likeness (QED) is 0.797. The SMILES string of the molecule is OC1CCCC1CC=Cc1ccccc1. The molecule has 1 nitrogen and oxygen atoms in total. The fraction of sp³-hybridized carbons (Fsp3) is 0.429. The van der Waals surface area contributed by atoms with Gasteiger partial charge < -0.3 is 5.11 Å². The van der Waals surface area contributed by atoms with E-state index in [0.717, 1.165) is 12.8 Å². The zero-order chi connectivity index (χ0) is 10.5. The lowest BCUT2D eigenvalue weighted by Crippen LogP contribution is -2.11. The maximum absolute atomic E-state index is 9.65. The number of benzene rings is 1. The zero-order valence-electron chi connectivity index (χ0n) is 8.97. The Kier molecular flexibility index (Phi) is 3.57. The number of aliphatic hydroxyl groups is 1. The Morgan fingerprint density at radius 1 is 1.20 bits per heavy atom. The number of hydrogen-bond acceptors (Lipinski definition) is 1. The maximum atomic E-state index is 9.65. The fourth-order valence-electron chi connectivity index (χ4n) is 2.24. The van der Waals surface area contributed by atoms with E-state index in [1.165, 1.54) is 18.4 Å². The van der Waals surface area contributed by atoms with Crippen LogP contribution in [0.1, 0.15) is 31.2 Å². The molecule has 1 N–H and O–H groups in total. The van der Waals surface area contributed by atoms with E-state index in [9.17, 15) is 5.11 Å². The summed E-state index contributed by atoms with van der Waals surface area (Å²) >= 11 is 0. The van der Waals surface area contributed by atoms with Gasteiger partial charge in [-0.15, -0.1) is 0 Å². The van der Waals surface area contributed by atoms with Crippen molar-refractivity contribution in [3.05, 3.63) is 42.0 Å². The second-order valence-corrected chi connectivity index (χ2v) is 4.31. The van der Waals surface area contributed by atoms with Crippen molar-refractivity contribution in [2.24, 2.45) is 5.92 Å². The van der Waals surface area contributed by atoms with Crippen molar-refractivity contribution < 1.29 is 5.11 Å². The van der Waals surface area contributed by atoms with Crippen LogP contribution in [-0.2, 0) is 0 Å².